The number of hydrogen-bond donors (Lipinski definition) is 1. The summed E-state index contributed by atoms with van der Waals surface area (Å²) in [6.07, 6.45) is 6.90. The standard InChI is InChI=1S/C13H29N/c1-6-8-9-10-13(7-2)11(3)12(4)14-5/h11-14H,6-10H2,1-5H3. The van der Waals surface area contributed by atoms with Crippen LogP contribution in [0.3, 0.4) is 0 Å². The van der Waals surface area contributed by atoms with E-state index in [0.29, 0.717) is 6.04 Å². The topological polar surface area (TPSA) is 12.0 Å². The molecule has 0 fully saturated rings. The van der Waals surface area contributed by atoms with Crippen molar-refractivity contribution >= 4 is 0 Å². The summed E-state index contributed by atoms with van der Waals surface area (Å²) in [6, 6.07) is 0.654. The Hall–Kier alpha value is -0.0400. The molecule has 0 bridgehead atoms. The van der Waals surface area contributed by atoms with Crippen molar-refractivity contribution in [3.63, 3.8) is 0 Å². The minimum Gasteiger partial charge on any atom is -0.317 e. The Kier molecular flexibility index (Phi) is 8.26. The lowest BCUT2D eigenvalue weighted by Gasteiger charge is -2.28. The minimum atomic E-state index is 0.654. The third kappa shape index (κ3) is 4.99. The van der Waals surface area contributed by atoms with Gasteiger partial charge in [-0.1, -0.05) is 52.9 Å². The fraction of sp³-hybridized carbons (Fsp3) is 1.00. The predicted octanol–water partition coefficient (Wildman–Crippen LogP) is 3.84. The average Bonchev–Trinajstić information content (AvgIpc) is 2.22. The molecule has 0 saturated heterocycles. The first kappa shape index (κ1) is 14.0. The fourth-order valence-electron chi connectivity index (χ4n) is 2.17. The zero-order valence-corrected chi connectivity index (χ0v) is 10.8. The maximum absolute atomic E-state index is 3.37. The van der Waals surface area contributed by atoms with Gasteiger partial charge < -0.3 is 5.32 Å². The fourth-order valence-corrected chi connectivity index (χ4v) is 2.17. The highest BCUT2D eigenvalue weighted by molar-refractivity contribution is 4.73. The van der Waals surface area contributed by atoms with Gasteiger partial charge in [0.05, 0.1) is 0 Å². The van der Waals surface area contributed by atoms with E-state index in [0.717, 1.165) is 11.8 Å². The second-order valence-electron chi connectivity index (χ2n) is 4.60. The molecule has 0 aliphatic heterocycles. The van der Waals surface area contributed by atoms with Crippen molar-refractivity contribution in [3.05, 3.63) is 0 Å². The maximum Gasteiger partial charge on any atom is 0.00640 e. The van der Waals surface area contributed by atoms with Crippen molar-refractivity contribution < 1.29 is 0 Å². The first-order valence-electron chi connectivity index (χ1n) is 6.34. The molecule has 0 heterocycles. The SMILES string of the molecule is CCCCCC(CC)C(C)C(C)NC. The van der Waals surface area contributed by atoms with Crippen LogP contribution in [0.15, 0.2) is 0 Å². The Morgan fingerprint density at radius 3 is 2.14 bits per heavy atom. The van der Waals surface area contributed by atoms with Crippen LogP contribution in [0.4, 0.5) is 0 Å². The monoisotopic (exact) mass is 199 g/mol. The van der Waals surface area contributed by atoms with Gasteiger partial charge in [0.15, 0.2) is 0 Å². The van der Waals surface area contributed by atoms with E-state index in [1.165, 1.54) is 32.1 Å². The normalized spacial score (nSPS) is 17.8. The van der Waals surface area contributed by atoms with Crippen molar-refractivity contribution in [1.29, 1.82) is 0 Å². The summed E-state index contributed by atoms with van der Waals surface area (Å²) in [7, 11) is 2.07. The third-order valence-corrected chi connectivity index (χ3v) is 3.69. The van der Waals surface area contributed by atoms with E-state index < -0.39 is 0 Å². The van der Waals surface area contributed by atoms with E-state index in [1.807, 2.05) is 0 Å². The molecule has 0 radical (unpaired) electrons. The molecule has 0 aromatic heterocycles. The molecule has 0 saturated carbocycles. The summed E-state index contributed by atoms with van der Waals surface area (Å²) >= 11 is 0. The molecular formula is C13H29N. The highest BCUT2D eigenvalue weighted by atomic mass is 14.9. The Morgan fingerprint density at radius 2 is 1.71 bits per heavy atom. The van der Waals surface area contributed by atoms with E-state index in [-0.39, 0.29) is 0 Å². The van der Waals surface area contributed by atoms with Gasteiger partial charge in [0.2, 0.25) is 0 Å². The molecule has 0 aromatic rings. The summed E-state index contributed by atoms with van der Waals surface area (Å²) < 4.78 is 0. The lowest BCUT2D eigenvalue weighted by atomic mass is 9.83. The van der Waals surface area contributed by atoms with Crippen LogP contribution in [0.25, 0.3) is 0 Å². The first-order valence-corrected chi connectivity index (χ1v) is 6.34. The molecule has 1 heteroatoms. The second-order valence-corrected chi connectivity index (χ2v) is 4.60. The number of hydrogen-bond acceptors (Lipinski definition) is 1. The summed E-state index contributed by atoms with van der Waals surface area (Å²) in [6.45, 7) is 9.30. The predicted molar refractivity (Wildman–Crippen MR) is 65.6 cm³/mol. The van der Waals surface area contributed by atoms with Gasteiger partial charge in [-0.3, -0.25) is 0 Å². The van der Waals surface area contributed by atoms with Crippen molar-refractivity contribution in [2.24, 2.45) is 11.8 Å². The molecule has 0 aromatic carbocycles. The van der Waals surface area contributed by atoms with E-state index in [1.54, 1.807) is 0 Å². The smallest absolute Gasteiger partial charge is 0.00640 e. The van der Waals surface area contributed by atoms with Crippen LogP contribution in [0.5, 0.6) is 0 Å². The first-order chi connectivity index (χ1) is 6.67. The Bertz CT molecular complexity index is 122. The van der Waals surface area contributed by atoms with Gasteiger partial charge in [0.25, 0.3) is 0 Å². The summed E-state index contributed by atoms with van der Waals surface area (Å²) in [5.41, 5.74) is 0. The molecule has 0 aliphatic rings. The molecule has 0 aliphatic carbocycles. The van der Waals surface area contributed by atoms with Crippen LogP contribution in [0, 0.1) is 11.8 Å². The number of unbranched alkanes of at least 4 members (excludes halogenated alkanes) is 2. The number of nitrogens with one attached hydrogen (secondary N) is 1. The highest BCUT2D eigenvalue weighted by Gasteiger charge is 2.19. The van der Waals surface area contributed by atoms with Crippen molar-refractivity contribution in [2.75, 3.05) is 7.05 Å². The van der Waals surface area contributed by atoms with Crippen molar-refractivity contribution in [2.45, 2.75) is 65.8 Å². The third-order valence-electron chi connectivity index (χ3n) is 3.69. The van der Waals surface area contributed by atoms with Crippen molar-refractivity contribution in [3.8, 4) is 0 Å². The van der Waals surface area contributed by atoms with Crippen LogP contribution in [0.2, 0.25) is 0 Å². The molecule has 3 atom stereocenters. The van der Waals surface area contributed by atoms with E-state index in [4.69, 9.17) is 0 Å². The van der Waals surface area contributed by atoms with Gasteiger partial charge in [-0.05, 0) is 25.8 Å². The summed E-state index contributed by atoms with van der Waals surface area (Å²) in [5.74, 6) is 1.71. The average molecular weight is 199 g/mol. The van der Waals surface area contributed by atoms with Gasteiger partial charge in [-0.15, -0.1) is 0 Å². The minimum absolute atomic E-state index is 0.654. The zero-order valence-electron chi connectivity index (χ0n) is 10.8. The van der Waals surface area contributed by atoms with Crippen molar-refractivity contribution in [1.82, 2.24) is 5.32 Å². The van der Waals surface area contributed by atoms with E-state index in [9.17, 15) is 0 Å². The largest absolute Gasteiger partial charge is 0.317 e. The van der Waals surface area contributed by atoms with Crippen LogP contribution in [-0.2, 0) is 0 Å². The molecule has 3 unspecified atom stereocenters. The van der Waals surface area contributed by atoms with Gasteiger partial charge >= 0.3 is 0 Å². The Morgan fingerprint density at radius 1 is 1.07 bits per heavy atom. The molecule has 1 N–H and O–H groups in total. The molecule has 0 amide bonds. The quantitative estimate of drug-likeness (QED) is 0.586. The van der Waals surface area contributed by atoms with Gasteiger partial charge in [0, 0.05) is 6.04 Å². The molecular weight excluding hydrogens is 170 g/mol. The summed E-state index contributed by atoms with van der Waals surface area (Å²) in [4.78, 5) is 0. The molecule has 86 valence electrons. The molecule has 0 spiro atoms. The van der Waals surface area contributed by atoms with Gasteiger partial charge in [-0.25, -0.2) is 0 Å². The van der Waals surface area contributed by atoms with E-state index in [2.05, 4.69) is 40.1 Å². The zero-order chi connectivity index (χ0) is 11.0. The maximum atomic E-state index is 3.37. The second kappa shape index (κ2) is 8.28. The van der Waals surface area contributed by atoms with Crippen LogP contribution >= 0.6 is 0 Å². The van der Waals surface area contributed by atoms with Gasteiger partial charge in [0.1, 0.15) is 0 Å². The lowest BCUT2D eigenvalue weighted by molar-refractivity contribution is 0.261. The number of rotatable bonds is 8. The van der Waals surface area contributed by atoms with Gasteiger partial charge in [-0.2, -0.15) is 0 Å². The Labute approximate surface area is 90.7 Å². The Balaban J connectivity index is 3.85. The molecule has 14 heavy (non-hydrogen) atoms. The van der Waals surface area contributed by atoms with Crippen LogP contribution < -0.4 is 5.32 Å². The van der Waals surface area contributed by atoms with Crippen LogP contribution in [-0.4, -0.2) is 13.1 Å². The lowest BCUT2D eigenvalue weighted by Crippen LogP contribution is -2.33. The summed E-state index contributed by atoms with van der Waals surface area (Å²) in [5, 5.41) is 3.37. The molecule has 1 nitrogen and oxygen atoms in total. The highest BCUT2D eigenvalue weighted by Crippen LogP contribution is 2.24. The molecule has 0 rings (SSSR count). The van der Waals surface area contributed by atoms with Crippen LogP contribution in [0.1, 0.15) is 59.8 Å². The van der Waals surface area contributed by atoms with E-state index >= 15 is 0 Å².